The zero-order chi connectivity index (χ0) is 18.4. The van der Waals surface area contributed by atoms with Crippen LogP contribution in [0.1, 0.15) is 94.9 Å². The molecule has 0 fully saturated rings. The van der Waals surface area contributed by atoms with Gasteiger partial charge in [0, 0.05) is 0 Å². The zero-order valence-electron chi connectivity index (χ0n) is 17.5. The summed E-state index contributed by atoms with van der Waals surface area (Å²) in [6, 6.07) is 0. The number of ether oxygens (including phenoxy) is 1. The van der Waals surface area contributed by atoms with Crippen molar-refractivity contribution in [2.75, 3.05) is 0 Å². The largest absolute Gasteiger partial charge is 0.462 e. The van der Waals surface area contributed by atoms with Crippen molar-refractivity contribution in [2.45, 2.75) is 101 Å². The van der Waals surface area contributed by atoms with Crippen LogP contribution in [0.2, 0.25) is 0 Å². The zero-order valence-corrected chi connectivity index (χ0v) is 17.5. The van der Waals surface area contributed by atoms with E-state index in [1.165, 1.54) is 0 Å². The van der Waals surface area contributed by atoms with Gasteiger partial charge >= 0.3 is 5.97 Å². The Hall–Kier alpha value is -0.530. The number of esters is 1. The molecule has 138 valence electrons. The second-order valence-electron chi connectivity index (χ2n) is 9.55. The molecule has 0 saturated carbocycles. The van der Waals surface area contributed by atoms with Crippen molar-refractivity contribution in [3.63, 3.8) is 0 Å². The third-order valence-electron chi connectivity index (χ3n) is 5.29. The first-order chi connectivity index (χ1) is 10.3. The second kappa shape index (κ2) is 9.08. The van der Waals surface area contributed by atoms with Crippen LogP contribution in [0.3, 0.4) is 0 Å². The highest BCUT2D eigenvalue weighted by Gasteiger charge is 2.43. The lowest BCUT2D eigenvalue weighted by Gasteiger charge is -2.39. The molecule has 1 unspecified atom stereocenters. The number of rotatable bonds is 10. The Balaban J connectivity index is 5.21. The molecule has 0 aromatic rings. The minimum Gasteiger partial charge on any atom is -0.462 e. The maximum atomic E-state index is 13.1. The summed E-state index contributed by atoms with van der Waals surface area (Å²) in [5, 5.41) is 0. The molecule has 0 spiro atoms. The molecule has 0 aliphatic carbocycles. The van der Waals surface area contributed by atoms with Gasteiger partial charge < -0.3 is 4.74 Å². The fourth-order valence-corrected chi connectivity index (χ4v) is 3.16. The van der Waals surface area contributed by atoms with Crippen molar-refractivity contribution < 1.29 is 9.53 Å². The molecule has 0 radical (unpaired) electrons. The van der Waals surface area contributed by atoms with E-state index in [0.29, 0.717) is 11.8 Å². The molecule has 2 nitrogen and oxygen atoms in total. The highest BCUT2D eigenvalue weighted by molar-refractivity contribution is 5.77. The molecule has 0 bridgehead atoms. The molecule has 0 N–H and O–H groups in total. The molecule has 0 aromatic carbocycles. The average Bonchev–Trinajstić information content (AvgIpc) is 2.36. The lowest BCUT2D eigenvalue weighted by Crippen LogP contribution is -2.41. The molecular weight excluding hydrogens is 284 g/mol. The van der Waals surface area contributed by atoms with Crippen molar-refractivity contribution in [1.29, 1.82) is 0 Å². The number of hydrogen-bond donors (Lipinski definition) is 0. The highest BCUT2D eigenvalue weighted by atomic mass is 16.5. The maximum Gasteiger partial charge on any atom is 0.312 e. The number of carbonyl (C=O) groups excluding carboxylic acids is 1. The first-order valence-corrected chi connectivity index (χ1v) is 9.55. The Labute approximate surface area is 145 Å². The molecule has 1 atom stereocenters. The van der Waals surface area contributed by atoms with Gasteiger partial charge in [0.1, 0.15) is 6.10 Å². The fraction of sp³-hybridized carbons (Fsp3) is 0.952. The average molecular weight is 327 g/mol. The minimum absolute atomic E-state index is 0.000301. The Bertz CT molecular complexity index is 345. The SMILES string of the molecule is CCC(C)(C)CC(C)(C(=O)OC(CC(C)C)CC(C)C)C(C)C. The van der Waals surface area contributed by atoms with Gasteiger partial charge in [-0.15, -0.1) is 0 Å². The summed E-state index contributed by atoms with van der Waals surface area (Å²) >= 11 is 0. The predicted octanol–water partition coefficient (Wildman–Crippen LogP) is 6.48. The third-order valence-corrected chi connectivity index (χ3v) is 5.29. The monoisotopic (exact) mass is 326 g/mol. The number of carbonyl (C=O) groups is 1. The second-order valence-corrected chi connectivity index (χ2v) is 9.55. The first-order valence-electron chi connectivity index (χ1n) is 9.55. The fourth-order valence-electron chi connectivity index (χ4n) is 3.16. The van der Waals surface area contributed by atoms with Gasteiger partial charge in [0.2, 0.25) is 0 Å². The van der Waals surface area contributed by atoms with Crippen LogP contribution in [0.4, 0.5) is 0 Å². The van der Waals surface area contributed by atoms with Gasteiger partial charge in [-0.1, -0.05) is 68.7 Å². The molecular formula is C21H42O2. The molecule has 0 aromatic heterocycles. The van der Waals surface area contributed by atoms with Gasteiger partial charge in [0.05, 0.1) is 5.41 Å². The van der Waals surface area contributed by atoms with Crippen LogP contribution >= 0.6 is 0 Å². The molecule has 0 aliphatic heterocycles. The van der Waals surface area contributed by atoms with Gasteiger partial charge in [-0.05, 0) is 49.4 Å². The van der Waals surface area contributed by atoms with Crippen molar-refractivity contribution in [1.82, 2.24) is 0 Å². The maximum absolute atomic E-state index is 13.1. The van der Waals surface area contributed by atoms with Crippen LogP contribution in [0.15, 0.2) is 0 Å². The quantitative estimate of drug-likeness (QED) is 0.429. The molecule has 0 rings (SSSR count). The molecule has 0 amide bonds. The Morgan fingerprint density at radius 2 is 1.35 bits per heavy atom. The predicted molar refractivity (Wildman–Crippen MR) is 100 cm³/mol. The van der Waals surface area contributed by atoms with E-state index in [9.17, 15) is 4.79 Å². The van der Waals surface area contributed by atoms with E-state index < -0.39 is 5.41 Å². The minimum atomic E-state index is -0.411. The van der Waals surface area contributed by atoms with Crippen LogP contribution in [0, 0.1) is 28.6 Å². The van der Waals surface area contributed by atoms with Gasteiger partial charge in [0.15, 0.2) is 0 Å². The summed E-state index contributed by atoms with van der Waals surface area (Å²) < 4.78 is 6.05. The summed E-state index contributed by atoms with van der Waals surface area (Å²) in [5.74, 6) is 1.37. The van der Waals surface area contributed by atoms with Gasteiger partial charge in [-0.2, -0.15) is 0 Å². The van der Waals surface area contributed by atoms with Gasteiger partial charge in [-0.25, -0.2) is 0 Å². The van der Waals surface area contributed by atoms with Crippen molar-refractivity contribution in [2.24, 2.45) is 28.6 Å². The normalized spacial score (nSPS) is 15.6. The van der Waals surface area contributed by atoms with E-state index in [0.717, 1.165) is 25.7 Å². The van der Waals surface area contributed by atoms with Crippen LogP contribution in [0.5, 0.6) is 0 Å². The lowest BCUT2D eigenvalue weighted by atomic mass is 9.67. The first kappa shape index (κ1) is 22.5. The third kappa shape index (κ3) is 7.72. The van der Waals surface area contributed by atoms with E-state index in [-0.39, 0.29) is 23.4 Å². The summed E-state index contributed by atoms with van der Waals surface area (Å²) in [7, 11) is 0. The molecule has 2 heteroatoms. The Kier molecular flexibility index (Phi) is 8.87. The number of hydrogen-bond acceptors (Lipinski definition) is 2. The smallest absolute Gasteiger partial charge is 0.312 e. The molecule has 23 heavy (non-hydrogen) atoms. The lowest BCUT2D eigenvalue weighted by molar-refractivity contribution is -0.167. The van der Waals surface area contributed by atoms with E-state index in [1.807, 2.05) is 0 Å². The van der Waals surface area contributed by atoms with Crippen LogP contribution in [-0.4, -0.2) is 12.1 Å². The van der Waals surface area contributed by atoms with Crippen molar-refractivity contribution in [3.05, 3.63) is 0 Å². The van der Waals surface area contributed by atoms with Gasteiger partial charge in [0.25, 0.3) is 0 Å². The summed E-state index contributed by atoms with van der Waals surface area (Å²) in [5.41, 5.74) is -0.255. The Morgan fingerprint density at radius 1 is 0.913 bits per heavy atom. The van der Waals surface area contributed by atoms with E-state index in [1.54, 1.807) is 0 Å². The summed E-state index contributed by atoms with van der Waals surface area (Å²) in [4.78, 5) is 13.1. The van der Waals surface area contributed by atoms with E-state index >= 15 is 0 Å². The standard InChI is InChI=1S/C21H42O2/c1-11-20(8,9)14-21(10,17(6)7)19(22)23-18(12-15(2)3)13-16(4)5/h15-18H,11-14H2,1-10H3. The van der Waals surface area contributed by atoms with Gasteiger partial charge in [-0.3, -0.25) is 4.79 Å². The topological polar surface area (TPSA) is 26.3 Å². The molecule has 0 saturated heterocycles. The Morgan fingerprint density at radius 3 is 1.65 bits per heavy atom. The van der Waals surface area contributed by atoms with E-state index in [2.05, 4.69) is 69.2 Å². The highest BCUT2D eigenvalue weighted by Crippen LogP contribution is 2.42. The molecule has 0 aliphatic rings. The summed E-state index contributed by atoms with van der Waals surface area (Å²) in [6.07, 6.45) is 3.91. The van der Waals surface area contributed by atoms with E-state index in [4.69, 9.17) is 4.74 Å². The van der Waals surface area contributed by atoms with Crippen LogP contribution < -0.4 is 0 Å². The van der Waals surface area contributed by atoms with Crippen LogP contribution in [0.25, 0.3) is 0 Å². The van der Waals surface area contributed by atoms with Crippen LogP contribution in [-0.2, 0) is 9.53 Å². The molecule has 0 heterocycles. The van der Waals surface area contributed by atoms with Crippen molar-refractivity contribution >= 4 is 5.97 Å². The van der Waals surface area contributed by atoms with Crippen molar-refractivity contribution in [3.8, 4) is 0 Å². The summed E-state index contributed by atoms with van der Waals surface area (Å²) in [6.45, 7) is 21.9.